The fourth-order valence-corrected chi connectivity index (χ4v) is 2.58. The summed E-state index contributed by atoms with van der Waals surface area (Å²) in [4.78, 5) is 2.32. The number of halogens is 1. The minimum absolute atomic E-state index is 0.849. The molecule has 104 valence electrons. The van der Waals surface area contributed by atoms with Gasteiger partial charge in [0.25, 0.3) is 0 Å². The maximum absolute atomic E-state index is 3.49. The standard InChI is InChI=1S/C19H16BrN/c20-17-13-11-16(12-14-17)15-21(18-7-3-1-4-8-18)19-9-5-2-6-10-19/h1-14H,15H2. The summed E-state index contributed by atoms with van der Waals surface area (Å²) >= 11 is 3.49. The lowest BCUT2D eigenvalue weighted by atomic mass is 10.1. The quantitative estimate of drug-likeness (QED) is 0.582. The highest BCUT2D eigenvalue weighted by Gasteiger charge is 2.09. The molecule has 0 fully saturated rings. The summed E-state index contributed by atoms with van der Waals surface area (Å²) < 4.78 is 1.11. The van der Waals surface area contributed by atoms with Crippen LogP contribution in [-0.4, -0.2) is 0 Å². The topological polar surface area (TPSA) is 3.24 Å². The molecule has 0 saturated heterocycles. The first-order chi connectivity index (χ1) is 10.3. The van der Waals surface area contributed by atoms with Gasteiger partial charge in [0.15, 0.2) is 0 Å². The normalized spacial score (nSPS) is 10.3. The molecule has 1 nitrogen and oxygen atoms in total. The van der Waals surface area contributed by atoms with Crippen molar-refractivity contribution in [1.82, 2.24) is 0 Å². The van der Waals surface area contributed by atoms with E-state index in [1.165, 1.54) is 16.9 Å². The van der Waals surface area contributed by atoms with Crippen LogP contribution in [0.3, 0.4) is 0 Å². The largest absolute Gasteiger partial charge is 0.337 e. The Morgan fingerprint density at radius 2 is 1.10 bits per heavy atom. The summed E-state index contributed by atoms with van der Waals surface area (Å²) in [6, 6.07) is 29.5. The van der Waals surface area contributed by atoms with Gasteiger partial charge in [-0.3, -0.25) is 0 Å². The third-order valence-corrected chi connectivity index (χ3v) is 3.92. The molecule has 0 unspecified atom stereocenters. The highest BCUT2D eigenvalue weighted by Crippen LogP contribution is 2.27. The highest BCUT2D eigenvalue weighted by atomic mass is 79.9. The fourth-order valence-electron chi connectivity index (χ4n) is 2.32. The molecule has 0 heterocycles. The van der Waals surface area contributed by atoms with Gasteiger partial charge in [-0.2, -0.15) is 0 Å². The van der Waals surface area contributed by atoms with Crippen LogP contribution in [0, 0.1) is 0 Å². The van der Waals surface area contributed by atoms with Gasteiger partial charge in [0.05, 0.1) is 0 Å². The maximum Gasteiger partial charge on any atom is 0.0481 e. The summed E-state index contributed by atoms with van der Waals surface area (Å²) in [5, 5.41) is 0. The van der Waals surface area contributed by atoms with Crippen molar-refractivity contribution in [3.63, 3.8) is 0 Å². The molecule has 0 N–H and O–H groups in total. The smallest absolute Gasteiger partial charge is 0.0481 e. The van der Waals surface area contributed by atoms with Crippen LogP contribution in [0.4, 0.5) is 11.4 Å². The summed E-state index contributed by atoms with van der Waals surface area (Å²) in [7, 11) is 0. The maximum atomic E-state index is 3.49. The first kappa shape index (κ1) is 13.9. The van der Waals surface area contributed by atoms with Crippen molar-refractivity contribution < 1.29 is 0 Å². The van der Waals surface area contributed by atoms with Gasteiger partial charge in [-0.1, -0.05) is 64.5 Å². The minimum atomic E-state index is 0.849. The molecule has 21 heavy (non-hydrogen) atoms. The molecule has 0 aromatic heterocycles. The molecule has 0 radical (unpaired) electrons. The van der Waals surface area contributed by atoms with Gasteiger partial charge in [0, 0.05) is 22.4 Å². The first-order valence-electron chi connectivity index (χ1n) is 6.95. The van der Waals surface area contributed by atoms with Gasteiger partial charge >= 0.3 is 0 Å². The number of rotatable bonds is 4. The van der Waals surface area contributed by atoms with E-state index in [0.29, 0.717) is 0 Å². The number of para-hydroxylation sites is 2. The van der Waals surface area contributed by atoms with Crippen LogP contribution >= 0.6 is 15.9 Å². The third kappa shape index (κ3) is 3.53. The number of hydrogen-bond donors (Lipinski definition) is 0. The second-order valence-electron chi connectivity index (χ2n) is 4.88. The van der Waals surface area contributed by atoms with Crippen LogP contribution in [0.2, 0.25) is 0 Å². The van der Waals surface area contributed by atoms with E-state index < -0.39 is 0 Å². The highest BCUT2D eigenvalue weighted by molar-refractivity contribution is 9.10. The van der Waals surface area contributed by atoms with Crippen molar-refractivity contribution in [2.24, 2.45) is 0 Å². The molecule has 0 spiro atoms. The van der Waals surface area contributed by atoms with E-state index in [9.17, 15) is 0 Å². The molecule has 0 atom stereocenters. The Labute approximate surface area is 134 Å². The van der Waals surface area contributed by atoms with E-state index in [1.54, 1.807) is 0 Å². The molecule has 0 bridgehead atoms. The zero-order chi connectivity index (χ0) is 14.5. The minimum Gasteiger partial charge on any atom is -0.337 e. The molecule has 0 saturated carbocycles. The van der Waals surface area contributed by atoms with Gasteiger partial charge < -0.3 is 4.90 Å². The van der Waals surface area contributed by atoms with E-state index in [2.05, 4.69) is 93.6 Å². The lowest BCUT2D eigenvalue weighted by Crippen LogP contribution is -2.16. The van der Waals surface area contributed by atoms with Gasteiger partial charge in [0.2, 0.25) is 0 Å². The zero-order valence-corrected chi connectivity index (χ0v) is 13.2. The van der Waals surface area contributed by atoms with Crippen molar-refractivity contribution in [1.29, 1.82) is 0 Å². The Morgan fingerprint density at radius 1 is 0.619 bits per heavy atom. The Bertz CT molecular complexity index is 638. The monoisotopic (exact) mass is 337 g/mol. The van der Waals surface area contributed by atoms with E-state index in [1.807, 2.05) is 12.1 Å². The number of benzene rings is 3. The number of nitrogens with zero attached hydrogens (tertiary/aromatic N) is 1. The predicted molar refractivity (Wildman–Crippen MR) is 92.9 cm³/mol. The molecule has 3 aromatic rings. The van der Waals surface area contributed by atoms with Crippen molar-refractivity contribution in [2.45, 2.75) is 6.54 Å². The molecular weight excluding hydrogens is 322 g/mol. The Balaban J connectivity index is 1.95. The van der Waals surface area contributed by atoms with Crippen LogP contribution in [0.1, 0.15) is 5.56 Å². The van der Waals surface area contributed by atoms with E-state index >= 15 is 0 Å². The van der Waals surface area contributed by atoms with E-state index in [-0.39, 0.29) is 0 Å². The lowest BCUT2D eigenvalue weighted by Gasteiger charge is -2.25. The van der Waals surface area contributed by atoms with Crippen LogP contribution in [0.15, 0.2) is 89.4 Å². The number of anilines is 2. The average molecular weight is 338 g/mol. The second kappa shape index (κ2) is 6.59. The number of hydrogen-bond acceptors (Lipinski definition) is 1. The van der Waals surface area contributed by atoms with Crippen molar-refractivity contribution in [3.05, 3.63) is 95.0 Å². The summed E-state index contributed by atoms with van der Waals surface area (Å²) in [6.07, 6.45) is 0. The predicted octanol–water partition coefficient (Wildman–Crippen LogP) is 5.79. The zero-order valence-electron chi connectivity index (χ0n) is 11.6. The third-order valence-electron chi connectivity index (χ3n) is 3.39. The first-order valence-corrected chi connectivity index (χ1v) is 7.74. The van der Waals surface area contributed by atoms with E-state index in [0.717, 1.165) is 11.0 Å². The van der Waals surface area contributed by atoms with Gasteiger partial charge in [-0.25, -0.2) is 0 Å². The van der Waals surface area contributed by atoms with Gasteiger partial charge in [-0.05, 0) is 42.0 Å². The van der Waals surface area contributed by atoms with Crippen molar-refractivity contribution >= 4 is 27.3 Å². The van der Waals surface area contributed by atoms with Crippen molar-refractivity contribution in [3.8, 4) is 0 Å². The Morgan fingerprint density at radius 3 is 1.57 bits per heavy atom. The van der Waals surface area contributed by atoms with Crippen LogP contribution in [-0.2, 0) is 6.54 Å². The van der Waals surface area contributed by atoms with Crippen LogP contribution in [0.5, 0.6) is 0 Å². The lowest BCUT2D eigenvalue weighted by molar-refractivity contribution is 0.975. The molecule has 3 rings (SSSR count). The fraction of sp³-hybridized carbons (Fsp3) is 0.0526. The average Bonchev–Trinajstić information content (AvgIpc) is 2.56. The van der Waals surface area contributed by atoms with Crippen LogP contribution < -0.4 is 4.90 Å². The molecule has 3 aromatic carbocycles. The SMILES string of the molecule is Brc1ccc(CN(c2ccccc2)c2ccccc2)cc1. The summed E-state index contributed by atoms with van der Waals surface area (Å²) in [6.45, 7) is 0.849. The van der Waals surface area contributed by atoms with Gasteiger partial charge in [0.1, 0.15) is 0 Å². The Kier molecular flexibility index (Phi) is 4.37. The molecule has 0 aliphatic rings. The second-order valence-corrected chi connectivity index (χ2v) is 5.80. The molecular formula is C19H16BrN. The molecule has 0 aliphatic heterocycles. The Hall–Kier alpha value is -2.06. The van der Waals surface area contributed by atoms with Gasteiger partial charge in [-0.15, -0.1) is 0 Å². The summed E-state index contributed by atoms with van der Waals surface area (Å²) in [5.74, 6) is 0. The molecule has 0 amide bonds. The van der Waals surface area contributed by atoms with E-state index in [4.69, 9.17) is 0 Å². The van der Waals surface area contributed by atoms with Crippen LogP contribution in [0.25, 0.3) is 0 Å². The molecule has 0 aliphatic carbocycles. The summed E-state index contributed by atoms with van der Waals surface area (Å²) in [5.41, 5.74) is 3.68. The molecule has 2 heteroatoms. The van der Waals surface area contributed by atoms with Crippen molar-refractivity contribution in [2.75, 3.05) is 4.90 Å².